The van der Waals surface area contributed by atoms with E-state index in [2.05, 4.69) is 18.0 Å². The molecule has 2 heterocycles. The zero-order valence-electron chi connectivity index (χ0n) is 11.6. The lowest BCUT2D eigenvalue weighted by Gasteiger charge is -2.22. The van der Waals surface area contributed by atoms with E-state index in [9.17, 15) is 4.21 Å². The lowest BCUT2D eigenvalue weighted by atomic mass is 9.93. The van der Waals surface area contributed by atoms with Crippen LogP contribution in [0, 0.1) is 0 Å². The molecule has 3 rings (SSSR count). The number of benzene rings is 1. The molecular formula is C15H21NO2S. The van der Waals surface area contributed by atoms with Crippen LogP contribution in [0.15, 0.2) is 23.1 Å². The number of hydrogen-bond donors (Lipinski definition) is 0. The Bertz CT molecular complexity index is 503. The topological polar surface area (TPSA) is 29.5 Å². The summed E-state index contributed by atoms with van der Waals surface area (Å²) in [4.78, 5) is 3.47. The van der Waals surface area contributed by atoms with Crippen molar-refractivity contribution in [2.75, 3.05) is 26.5 Å². The molecule has 3 nitrogen and oxygen atoms in total. The Labute approximate surface area is 117 Å². The van der Waals surface area contributed by atoms with E-state index in [1.54, 1.807) is 7.11 Å². The molecule has 2 aliphatic heterocycles. The van der Waals surface area contributed by atoms with Gasteiger partial charge in [-0.3, -0.25) is 4.21 Å². The Morgan fingerprint density at radius 1 is 1.47 bits per heavy atom. The zero-order chi connectivity index (χ0) is 13.4. The van der Waals surface area contributed by atoms with Crippen molar-refractivity contribution < 1.29 is 8.95 Å². The van der Waals surface area contributed by atoms with Crippen molar-refractivity contribution in [3.63, 3.8) is 0 Å². The Morgan fingerprint density at radius 2 is 2.32 bits per heavy atom. The van der Waals surface area contributed by atoms with Gasteiger partial charge in [0.1, 0.15) is 5.75 Å². The van der Waals surface area contributed by atoms with Gasteiger partial charge in [-0.05, 0) is 62.5 Å². The quantitative estimate of drug-likeness (QED) is 0.851. The first-order chi connectivity index (χ1) is 9.19. The number of methoxy groups -OCH3 is 1. The third kappa shape index (κ3) is 2.43. The molecule has 1 aromatic carbocycles. The summed E-state index contributed by atoms with van der Waals surface area (Å²) >= 11 is 0. The van der Waals surface area contributed by atoms with E-state index in [-0.39, 0.29) is 0 Å². The highest BCUT2D eigenvalue weighted by Crippen LogP contribution is 2.39. The van der Waals surface area contributed by atoms with Gasteiger partial charge < -0.3 is 9.64 Å². The Balaban J connectivity index is 1.84. The molecule has 1 aromatic rings. The summed E-state index contributed by atoms with van der Waals surface area (Å²) in [7, 11) is 3.07. The molecule has 0 aliphatic carbocycles. The van der Waals surface area contributed by atoms with Gasteiger partial charge in [-0.25, -0.2) is 0 Å². The molecule has 3 atom stereocenters. The molecule has 4 heteroatoms. The van der Waals surface area contributed by atoms with Crippen LogP contribution < -0.4 is 4.74 Å². The van der Waals surface area contributed by atoms with E-state index in [1.165, 1.54) is 24.9 Å². The lowest BCUT2D eigenvalue weighted by Crippen LogP contribution is -2.27. The van der Waals surface area contributed by atoms with Gasteiger partial charge in [0.15, 0.2) is 0 Å². The maximum absolute atomic E-state index is 12.2. The predicted molar refractivity (Wildman–Crippen MR) is 77.3 cm³/mol. The van der Waals surface area contributed by atoms with Gasteiger partial charge in [0.2, 0.25) is 0 Å². The van der Waals surface area contributed by atoms with E-state index >= 15 is 0 Å². The van der Waals surface area contributed by atoms with Crippen LogP contribution in [-0.2, 0) is 10.8 Å². The summed E-state index contributed by atoms with van der Waals surface area (Å²) < 4.78 is 17.5. The summed E-state index contributed by atoms with van der Waals surface area (Å²) in [6.07, 6.45) is 3.70. The maximum Gasteiger partial charge on any atom is 0.119 e. The minimum Gasteiger partial charge on any atom is -0.497 e. The molecule has 0 spiro atoms. The molecule has 19 heavy (non-hydrogen) atoms. The van der Waals surface area contributed by atoms with Crippen LogP contribution in [0.4, 0.5) is 0 Å². The Hall–Kier alpha value is -0.870. The van der Waals surface area contributed by atoms with Crippen molar-refractivity contribution in [2.45, 2.75) is 36.1 Å². The van der Waals surface area contributed by atoms with Gasteiger partial charge in [0, 0.05) is 16.7 Å². The molecule has 0 N–H and O–H groups in total. The van der Waals surface area contributed by atoms with Gasteiger partial charge >= 0.3 is 0 Å². The van der Waals surface area contributed by atoms with Crippen LogP contribution in [0.25, 0.3) is 0 Å². The van der Waals surface area contributed by atoms with Crippen molar-refractivity contribution in [3.8, 4) is 5.75 Å². The molecule has 0 radical (unpaired) electrons. The maximum atomic E-state index is 12.2. The zero-order valence-corrected chi connectivity index (χ0v) is 12.4. The van der Waals surface area contributed by atoms with Gasteiger partial charge in [-0.2, -0.15) is 0 Å². The fraction of sp³-hybridized carbons (Fsp3) is 0.600. The molecular weight excluding hydrogens is 258 g/mol. The predicted octanol–water partition coefficient (Wildman–Crippen LogP) is 2.38. The van der Waals surface area contributed by atoms with Crippen molar-refractivity contribution in [1.29, 1.82) is 0 Å². The summed E-state index contributed by atoms with van der Waals surface area (Å²) in [6.45, 7) is 1.20. The smallest absolute Gasteiger partial charge is 0.119 e. The number of hydrogen-bond acceptors (Lipinski definition) is 3. The van der Waals surface area contributed by atoms with Crippen LogP contribution >= 0.6 is 0 Å². The SMILES string of the molecule is COc1ccc2c(c1)C(C[C@H]1CCCN1C)CS2=O. The first kappa shape index (κ1) is 13.1. The first-order valence-electron chi connectivity index (χ1n) is 6.95. The highest BCUT2D eigenvalue weighted by atomic mass is 32.2. The average molecular weight is 279 g/mol. The van der Waals surface area contributed by atoms with Crippen LogP contribution in [-0.4, -0.2) is 41.6 Å². The molecule has 2 unspecified atom stereocenters. The molecule has 1 saturated heterocycles. The second-order valence-electron chi connectivity index (χ2n) is 5.63. The summed E-state index contributed by atoms with van der Waals surface area (Å²) in [5.74, 6) is 2.09. The van der Waals surface area contributed by atoms with E-state index < -0.39 is 10.8 Å². The third-order valence-corrected chi connectivity index (χ3v) is 6.05. The van der Waals surface area contributed by atoms with Crippen molar-refractivity contribution in [1.82, 2.24) is 4.90 Å². The van der Waals surface area contributed by atoms with Gasteiger partial charge in [-0.15, -0.1) is 0 Å². The fourth-order valence-corrected chi connectivity index (χ4v) is 4.91. The summed E-state index contributed by atoms with van der Waals surface area (Å²) in [5, 5.41) is 0. The summed E-state index contributed by atoms with van der Waals surface area (Å²) in [6, 6.07) is 6.63. The number of nitrogens with zero attached hydrogens (tertiary/aromatic N) is 1. The molecule has 0 aromatic heterocycles. The van der Waals surface area contributed by atoms with Gasteiger partial charge in [0.25, 0.3) is 0 Å². The Kier molecular flexibility index (Phi) is 3.63. The second kappa shape index (κ2) is 5.25. The monoisotopic (exact) mass is 279 g/mol. The van der Waals surface area contributed by atoms with Crippen LogP contribution in [0.1, 0.15) is 30.7 Å². The standard InChI is InChI=1S/C15H21NO2S/c1-16-7-3-4-12(16)8-11-10-19(17)15-6-5-13(18-2)9-14(11)15/h5-6,9,11-12H,3-4,7-8,10H2,1-2H3/t11?,12-,19?/m1/s1. The molecule has 1 fully saturated rings. The van der Waals surface area contributed by atoms with Gasteiger partial charge in [-0.1, -0.05) is 0 Å². The molecule has 0 amide bonds. The number of ether oxygens (including phenoxy) is 1. The third-order valence-electron chi connectivity index (χ3n) is 4.48. The number of rotatable bonds is 3. The lowest BCUT2D eigenvalue weighted by molar-refractivity contribution is 0.286. The molecule has 104 valence electrons. The number of likely N-dealkylation sites (tertiary alicyclic amines) is 1. The Morgan fingerprint density at radius 3 is 3.00 bits per heavy atom. The highest BCUT2D eigenvalue weighted by Gasteiger charge is 2.33. The van der Waals surface area contributed by atoms with Gasteiger partial charge in [0.05, 0.1) is 17.9 Å². The molecule has 0 saturated carbocycles. The largest absolute Gasteiger partial charge is 0.497 e. The molecule has 2 aliphatic rings. The normalized spacial score (nSPS) is 30.5. The van der Waals surface area contributed by atoms with E-state index in [0.29, 0.717) is 12.0 Å². The number of fused-ring (bicyclic) bond motifs is 1. The van der Waals surface area contributed by atoms with E-state index in [0.717, 1.165) is 22.8 Å². The van der Waals surface area contributed by atoms with Crippen molar-refractivity contribution >= 4 is 10.8 Å². The second-order valence-corrected chi connectivity index (χ2v) is 7.09. The van der Waals surface area contributed by atoms with Crippen LogP contribution in [0.5, 0.6) is 5.75 Å². The van der Waals surface area contributed by atoms with E-state index in [4.69, 9.17) is 4.74 Å². The summed E-state index contributed by atoms with van der Waals surface area (Å²) in [5.41, 5.74) is 1.25. The van der Waals surface area contributed by atoms with Crippen LogP contribution in [0.3, 0.4) is 0 Å². The highest BCUT2D eigenvalue weighted by molar-refractivity contribution is 7.85. The molecule has 0 bridgehead atoms. The van der Waals surface area contributed by atoms with Crippen molar-refractivity contribution in [3.05, 3.63) is 23.8 Å². The fourth-order valence-electron chi connectivity index (χ4n) is 3.34. The minimum atomic E-state index is -0.823. The van der Waals surface area contributed by atoms with Crippen molar-refractivity contribution in [2.24, 2.45) is 0 Å². The first-order valence-corrected chi connectivity index (χ1v) is 8.27. The van der Waals surface area contributed by atoms with E-state index in [1.807, 2.05) is 12.1 Å². The minimum absolute atomic E-state index is 0.427. The van der Waals surface area contributed by atoms with Crippen LogP contribution in [0.2, 0.25) is 0 Å². The average Bonchev–Trinajstić information content (AvgIpc) is 2.95.